The largest absolute Gasteiger partial charge is 0.486 e. The summed E-state index contributed by atoms with van der Waals surface area (Å²) in [5, 5.41) is 10.4. The van der Waals surface area contributed by atoms with E-state index in [4.69, 9.17) is 14.2 Å². The van der Waals surface area contributed by atoms with E-state index in [1.54, 1.807) is 0 Å². The van der Waals surface area contributed by atoms with Crippen molar-refractivity contribution >= 4 is 0 Å². The van der Waals surface area contributed by atoms with Crippen LogP contribution >= 0.6 is 0 Å². The van der Waals surface area contributed by atoms with Crippen molar-refractivity contribution in [2.75, 3.05) is 39.5 Å². The van der Waals surface area contributed by atoms with Gasteiger partial charge in [0, 0.05) is 6.54 Å². The van der Waals surface area contributed by atoms with Crippen LogP contribution in [0.15, 0.2) is 54.6 Å². The molecule has 0 spiro atoms. The number of likely N-dealkylation sites (tertiary alicyclic amines) is 1. The van der Waals surface area contributed by atoms with Crippen LogP contribution in [0.1, 0.15) is 18.4 Å². The van der Waals surface area contributed by atoms with Crippen LogP contribution in [0.5, 0.6) is 11.5 Å². The van der Waals surface area contributed by atoms with Crippen LogP contribution in [-0.2, 0) is 11.2 Å². The number of fused-ring (bicyclic) bond motifs is 1. The van der Waals surface area contributed by atoms with E-state index in [0.717, 1.165) is 36.9 Å². The fourth-order valence-electron chi connectivity index (χ4n) is 4.15. The van der Waals surface area contributed by atoms with Crippen molar-refractivity contribution in [3.8, 4) is 11.5 Å². The Balaban J connectivity index is 1.11. The predicted molar refractivity (Wildman–Crippen MR) is 112 cm³/mol. The molecule has 0 bridgehead atoms. The molecule has 0 saturated carbocycles. The van der Waals surface area contributed by atoms with E-state index in [1.165, 1.54) is 18.4 Å². The number of hydrogen-bond donors (Lipinski definition) is 1. The van der Waals surface area contributed by atoms with E-state index in [2.05, 4.69) is 35.2 Å². The lowest BCUT2D eigenvalue weighted by Gasteiger charge is -2.33. The van der Waals surface area contributed by atoms with Crippen LogP contribution in [0.25, 0.3) is 0 Å². The number of benzene rings is 2. The maximum Gasteiger partial charge on any atom is 0.161 e. The van der Waals surface area contributed by atoms with Gasteiger partial charge in [-0.25, -0.2) is 0 Å². The second-order valence-electron chi connectivity index (χ2n) is 8.12. The molecule has 0 amide bonds. The van der Waals surface area contributed by atoms with Gasteiger partial charge in [-0.05, 0) is 56.0 Å². The Hall–Kier alpha value is -2.08. The third-order valence-electron chi connectivity index (χ3n) is 5.72. The third kappa shape index (κ3) is 5.95. The molecule has 2 unspecified atom stereocenters. The Kier molecular flexibility index (Phi) is 7.04. The zero-order valence-electron chi connectivity index (χ0n) is 16.9. The Morgan fingerprint density at radius 1 is 1.00 bits per heavy atom. The average molecular weight is 398 g/mol. The molecule has 29 heavy (non-hydrogen) atoms. The molecule has 1 fully saturated rings. The normalized spacial score (nSPS) is 21.1. The Morgan fingerprint density at radius 3 is 2.52 bits per heavy atom. The molecular weight excluding hydrogens is 366 g/mol. The molecule has 0 aromatic heterocycles. The predicted octanol–water partition coefficient (Wildman–Crippen LogP) is 3.16. The summed E-state index contributed by atoms with van der Waals surface area (Å²) in [6.07, 6.45) is 2.93. The van der Waals surface area contributed by atoms with Crippen molar-refractivity contribution in [2.24, 2.45) is 5.92 Å². The van der Waals surface area contributed by atoms with Gasteiger partial charge in [0.1, 0.15) is 6.61 Å². The average Bonchev–Trinajstić information content (AvgIpc) is 2.76. The lowest BCUT2D eigenvalue weighted by Crippen LogP contribution is -2.41. The van der Waals surface area contributed by atoms with Crippen molar-refractivity contribution in [3.05, 3.63) is 60.2 Å². The van der Waals surface area contributed by atoms with Crippen molar-refractivity contribution in [1.82, 2.24) is 4.90 Å². The van der Waals surface area contributed by atoms with E-state index < -0.39 is 6.10 Å². The van der Waals surface area contributed by atoms with Gasteiger partial charge >= 0.3 is 0 Å². The summed E-state index contributed by atoms with van der Waals surface area (Å²) in [5.41, 5.74) is 1.43. The number of para-hydroxylation sites is 2. The Labute approximate surface area is 173 Å². The first kappa shape index (κ1) is 20.2. The van der Waals surface area contributed by atoms with Gasteiger partial charge in [-0.2, -0.15) is 0 Å². The minimum atomic E-state index is -0.475. The maximum atomic E-state index is 10.4. The van der Waals surface area contributed by atoms with E-state index in [1.807, 2.05) is 24.3 Å². The molecule has 1 saturated heterocycles. The van der Waals surface area contributed by atoms with Crippen LogP contribution in [0, 0.1) is 5.92 Å². The highest BCUT2D eigenvalue weighted by Gasteiger charge is 2.23. The SMILES string of the molecule is OC(COCC1COc2ccccc2O1)CN1CCC(Cc2ccccc2)CC1. The second-order valence-corrected chi connectivity index (χ2v) is 8.12. The molecule has 2 aliphatic heterocycles. The smallest absolute Gasteiger partial charge is 0.161 e. The molecule has 2 aromatic carbocycles. The monoisotopic (exact) mass is 397 g/mol. The number of ether oxygens (including phenoxy) is 3. The van der Waals surface area contributed by atoms with E-state index >= 15 is 0 Å². The molecule has 5 heteroatoms. The lowest BCUT2D eigenvalue weighted by atomic mass is 9.90. The quantitative estimate of drug-likeness (QED) is 0.742. The summed E-state index contributed by atoms with van der Waals surface area (Å²) in [7, 11) is 0. The van der Waals surface area contributed by atoms with Gasteiger partial charge in [-0.1, -0.05) is 42.5 Å². The first-order valence-electron chi connectivity index (χ1n) is 10.7. The molecule has 2 heterocycles. The van der Waals surface area contributed by atoms with Crippen LogP contribution in [0.3, 0.4) is 0 Å². The minimum Gasteiger partial charge on any atom is -0.486 e. The maximum absolute atomic E-state index is 10.4. The minimum absolute atomic E-state index is 0.133. The Bertz CT molecular complexity index is 746. The molecular formula is C24H31NO4. The summed E-state index contributed by atoms with van der Waals surface area (Å²) >= 11 is 0. The Morgan fingerprint density at radius 2 is 1.72 bits per heavy atom. The van der Waals surface area contributed by atoms with Crippen molar-refractivity contribution in [1.29, 1.82) is 0 Å². The molecule has 2 aliphatic rings. The topological polar surface area (TPSA) is 51.2 Å². The fourth-order valence-corrected chi connectivity index (χ4v) is 4.15. The summed E-state index contributed by atoms with van der Waals surface area (Å²) in [4.78, 5) is 2.35. The highest BCUT2D eigenvalue weighted by Crippen LogP contribution is 2.30. The third-order valence-corrected chi connectivity index (χ3v) is 5.72. The fraction of sp³-hybridized carbons (Fsp3) is 0.500. The van der Waals surface area contributed by atoms with Crippen molar-refractivity contribution in [3.63, 3.8) is 0 Å². The van der Waals surface area contributed by atoms with E-state index in [-0.39, 0.29) is 6.10 Å². The van der Waals surface area contributed by atoms with Crippen molar-refractivity contribution < 1.29 is 19.3 Å². The van der Waals surface area contributed by atoms with Gasteiger partial charge in [-0.15, -0.1) is 0 Å². The second kappa shape index (κ2) is 10.1. The van der Waals surface area contributed by atoms with Gasteiger partial charge in [0.15, 0.2) is 17.6 Å². The number of aliphatic hydroxyl groups is 1. The molecule has 1 N–H and O–H groups in total. The number of aliphatic hydroxyl groups excluding tert-OH is 1. The van der Waals surface area contributed by atoms with Crippen LogP contribution in [0.2, 0.25) is 0 Å². The summed E-state index contributed by atoms with van der Waals surface area (Å²) < 4.78 is 17.3. The molecule has 0 aliphatic carbocycles. The highest BCUT2D eigenvalue weighted by atomic mass is 16.6. The first-order valence-corrected chi connectivity index (χ1v) is 10.7. The zero-order valence-corrected chi connectivity index (χ0v) is 16.9. The van der Waals surface area contributed by atoms with Crippen LogP contribution < -0.4 is 9.47 Å². The molecule has 5 nitrogen and oxygen atoms in total. The van der Waals surface area contributed by atoms with Gasteiger partial charge in [0.25, 0.3) is 0 Å². The van der Waals surface area contributed by atoms with Crippen LogP contribution in [-0.4, -0.2) is 61.7 Å². The highest BCUT2D eigenvalue weighted by molar-refractivity contribution is 5.40. The first-order chi connectivity index (χ1) is 14.3. The van der Waals surface area contributed by atoms with E-state index in [9.17, 15) is 5.11 Å². The number of rotatable bonds is 8. The molecule has 2 aromatic rings. The zero-order chi connectivity index (χ0) is 19.9. The van der Waals surface area contributed by atoms with Gasteiger partial charge in [0.2, 0.25) is 0 Å². The molecule has 0 radical (unpaired) electrons. The summed E-state index contributed by atoms with van der Waals surface area (Å²) in [6, 6.07) is 18.4. The molecule has 156 valence electrons. The summed E-state index contributed by atoms with van der Waals surface area (Å²) in [6.45, 7) is 3.98. The number of piperidine rings is 1. The molecule has 2 atom stereocenters. The van der Waals surface area contributed by atoms with Crippen LogP contribution in [0.4, 0.5) is 0 Å². The van der Waals surface area contributed by atoms with E-state index in [0.29, 0.717) is 26.4 Å². The number of hydrogen-bond acceptors (Lipinski definition) is 5. The summed E-state index contributed by atoms with van der Waals surface area (Å²) in [5.74, 6) is 2.28. The van der Waals surface area contributed by atoms with Gasteiger partial charge < -0.3 is 24.2 Å². The number of nitrogens with zero attached hydrogens (tertiary/aromatic N) is 1. The number of β-amino-alcohol motifs (C(OH)–C–C–N with tert-alkyl or cyclic N) is 1. The lowest BCUT2D eigenvalue weighted by molar-refractivity contribution is -0.0310. The standard InChI is InChI=1S/C24H31NO4/c26-21(16-27-17-22-18-28-23-8-4-5-9-24(23)29-22)15-25-12-10-20(11-13-25)14-19-6-2-1-3-7-19/h1-9,20-22,26H,10-18H2. The van der Waals surface area contributed by atoms with Gasteiger partial charge in [0.05, 0.1) is 19.3 Å². The van der Waals surface area contributed by atoms with Crippen molar-refractivity contribution in [2.45, 2.75) is 31.5 Å². The molecule has 4 rings (SSSR count). The van der Waals surface area contributed by atoms with Gasteiger partial charge in [-0.3, -0.25) is 0 Å².